The van der Waals surface area contributed by atoms with Crippen LogP contribution in [0.5, 0.6) is 17.4 Å². The number of alkyl halides is 2. The smallest absolute Gasteiger partial charge is 0.387 e. The number of fused-ring (bicyclic) bond motifs is 1. The quantitative estimate of drug-likeness (QED) is 0.847. The van der Waals surface area contributed by atoms with Gasteiger partial charge in [-0.25, -0.2) is 0 Å². The molecule has 0 saturated carbocycles. The van der Waals surface area contributed by atoms with Gasteiger partial charge in [-0.3, -0.25) is 5.10 Å². The molecule has 3 N–H and O–H groups in total. The number of nitrogens with two attached hydrogens (primary N) is 1. The van der Waals surface area contributed by atoms with Gasteiger partial charge in [0.2, 0.25) is 11.8 Å². The van der Waals surface area contributed by atoms with Crippen molar-refractivity contribution in [3.63, 3.8) is 0 Å². The lowest BCUT2D eigenvalue weighted by Crippen LogP contribution is -2.21. The van der Waals surface area contributed by atoms with Crippen LogP contribution < -0.4 is 19.9 Å². The molecule has 0 aliphatic carbocycles. The van der Waals surface area contributed by atoms with Gasteiger partial charge in [0.05, 0.1) is 12.5 Å². The van der Waals surface area contributed by atoms with Crippen LogP contribution in [0.3, 0.4) is 0 Å². The predicted octanol–water partition coefficient (Wildman–Crippen LogP) is 2.94. The maximum atomic E-state index is 12.6. The van der Waals surface area contributed by atoms with Gasteiger partial charge < -0.3 is 19.9 Å². The number of aromatic nitrogens is 2. The van der Waals surface area contributed by atoms with E-state index in [0.29, 0.717) is 16.8 Å². The largest absolute Gasteiger partial charge is 0.490 e. The topological polar surface area (TPSA) is 106 Å². The molecule has 0 spiro atoms. The van der Waals surface area contributed by atoms with E-state index in [9.17, 15) is 14.0 Å². The van der Waals surface area contributed by atoms with Crippen molar-refractivity contribution in [2.24, 2.45) is 5.73 Å². The van der Waals surface area contributed by atoms with E-state index in [4.69, 9.17) is 15.2 Å². The number of hydrogen-bond acceptors (Lipinski definition) is 6. The van der Waals surface area contributed by atoms with E-state index in [1.165, 1.54) is 6.07 Å². The van der Waals surface area contributed by atoms with Crippen molar-refractivity contribution in [2.75, 3.05) is 6.61 Å². The first-order chi connectivity index (χ1) is 12.5. The first-order valence-corrected chi connectivity index (χ1v) is 7.80. The molecular weight excluding hydrogens is 346 g/mol. The molecule has 1 aliphatic rings. The Morgan fingerprint density at radius 3 is 2.85 bits per heavy atom. The average Bonchev–Trinajstić information content (AvgIpc) is 2.95. The standard InChI is InChI=1S/C17H16F2N4O3/c1-3-24-12-6-9(4-5-11(12)25-17(18)19)14-10(7-20)15(21)26-16-13(14)8(2)22-23-16/h4-6,14,17H,3,21H2,1-2H3,(H,22,23)/t14-/m0/s1. The van der Waals surface area contributed by atoms with Gasteiger partial charge in [0.15, 0.2) is 11.5 Å². The molecule has 0 radical (unpaired) electrons. The normalized spacial score (nSPS) is 16.1. The van der Waals surface area contributed by atoms with E-state index < -0.39 is 12.5 Å². The van der Waals surface area contributed by atoms with Crippen LogP contribution in [0.15, 0.2) is 29.7 Å². The Balaban J connectivity index is 2.14. The fraction of sp³-hybridized carbons (Fsp3) is 0.294. The number of ether oxygens (including phenoxy) is 3. The third-order valence-corrected chi connectivity index (χ3v) is 3.95. The highest BCUT2D eigenvalue weighted by atomic mass is 19.3. The summed E-state index contributed by atoms with van der Waals surface area (Å²) < 4.78 is 40.5. The van der Waals surface area contributed by atoms with Crippen molar-refractivity contribution >= 4 is 0 Å². The first kappa shape index (κ1) is 17.5. The SMILES string of the molecule is CCOc1cc([C@H]2C(C#N)=C(N)Oc3n[nH]c(C)c32)ccc1OC(F)F. The number of nitriles is 1. The second-order valence-corrected chi connectivity index (χ2v) is 5.51. The van der Waals surface area contributed by atoms with Crippen LogP contribution in [-0.2, 0) is 0 Å². The summed E-state index contributed by atoms with van der Waals surface area (Å²) in [4.78, 5) is 0. The van der Waals surface area contributed by atoms with Gasteiger partial charge in [0.1, 0.15) is 11.6 Å². The minimum atomic E-state index is -2.98. The molecular formula is C17H16F2N4O3. The van der Waals surface area contributed by atoms with Crippen LogP contribution in [0.4, 0.5) is 8.78 Å². The minimum Gasteiger partial charge on any atom is -0.490 e. The molecule has 2 heterocycles. The summed E-state index contributed by atoms with van der Waals surface area (Å²) in [5.74, 6) is -0.285. The van der Waals surface area contributed by atoms with Crippen molar-refractivity contribution < 1.29 is 23.0 Å². The van der Waals surface area contributed by atoms with E-state index >= 15 is 0 Å². The molecule has 2 aromatic rings. The lowest BCUT2D eigenvalue weighted by molar-refractivity contribution is -0.0514. The number of H-pyrrole nitrogens is 1. The van der Waals surface area contributed by atoms with Crippen LogP contribution in [0.25, 0.3) is 0 Å². The monoisotopic (exact) mass is 362 g/mol. The maximum Gasteiger partial charge on any atom is 0.387 e. The zero-order valence-corrected chi connectivity index (χ0v) is 14.0. The molecule has 1 aromatic carbocycles. The number of rotatable bonds is 5. The Bertz CT molecular complexity index is 902. The van der Waals surface area contributed by atoms with Crippen LogP contribution in [0.2, 0.25) is 0 Å². The highest BCUT2D eigenvalue weighted by molar-refractivity contribution is 5.57. The van der Waals surface area contributed by atoms with E-state index in [1.807, 2.05) is 0 Å². The molecule has 136 valence electrons. The third-order valence-electron chi connectivity index (χ3n) is 3.95. The zero-order chi connectivity index (χ0) is 18.8. The van der Waals surface area contributed by atoms with Crippen LogP contribution in [-0.4, -0.2) is 23.4 Å². The molecule has 7 nitrogen and oxygen atoms in total. The van der Waals surface area contributed by atoms with Crippen LogP contribution in [0, 0.1) is 18.3 Å². The molecule has 1 aliphatic heterocycles. The maximum absolute atomic E-state index is 12.6. The predicted molar refractivity (Wildman–Crippen MR) is 86.9 cm³/mol. The lowest BCUT2D eigenvalue weighted by atomic mass is 9.84. The summed E-state index contributed by atoms with van der Waals surface area (Å²) in [5, 5.41) is 16.4. The summed E-state index contributed by atoms with van der Waals surface area (Å²) in [5.41, 5.74) is 8.03. The van der Waals surface area contributed by atoms with Crippen LogP contribution in [0.1, 0.15) is 29.7 Å². The number of benzene rings is 1. The van der Waals surface area contributed by atoms with Gasteiger partial charge in [-0.1, -0.05) is 6.07 Å². The summed E-state index contributed by atoms with van der Waals surface area (Å²) in [6.45, 7) is 0.798. The molecule has 0 saturated heterocycles. The molecule has 1 atom stereocenters. The van der Waals surface area contributed by atoms with Gasteiger partial charge in [-0.15, -0.1) is 5.10 Å². The Morgan fingerprint density at radius 1 is 1.42 bits per heavy atom. The van der Waals surface area contributed by atoms with Crippen molar-refractivity contribution in [3.8, 4) is 23.4 Å². The Morgan fingerprint density at radius 2 is 2.19 bits per heavy atom. The summed E-state index contributed by atoms with van der Waals surface area (Å²) in [6, 6.07) is 6.57. The molecule has 3 rings (SSSR count). The molecule has 0 unspecified atom stereocenters. The second kappa shape index (κ2) is 6.92. The molecule has 0 fully saturated rings. The second-order valence-electron chi connectivity index (χ2n) is 5.51. The minimum absolute atomic E-state index is 0.0534. The van der Waals surface area contributed by atoms with E-state index in [1.54, 1.807) is 26.0 Å². The number of halogens is 2. The molecule has 9 heteroatoms. The highest BCUT2D eigenvalue weighted by Crippen LogP contribution is 2.44. The van der Waals surface area contributed by atoms with Gasteiger partial charge in [0.25, 0.3) is 0 Å². The molecule has 0 amide bonds. The van der Waals surface area contributed by atoms with Gasteiger partial charge in [0, 0.05) is 11.3 Å². The van der Waals surface area contributed by atoms with Crippen LogP contribution >= 0.6 is 0 Å². The first-order valence-electron chi connectivity index (χ1n) is 7.80. The fourth-order valence-electron chi connectivity index (χ4n) is 2.90. The fourth-order valence-corrected chi connectivity index (χ4v) is 2.90. The van der Waals surface area contributed by atoms with Crippen molar-refractivity contribution in [2.45, 2.75) is 26.4 Å². The van der Waals surface area contributed by atoms with Crippen molar-refractivity contribution in [1.29, 1.82) is 5.26 Å². The molecule has 26 heavy (non-hydrogen) atoms. The Hall–Kier alpha value is -3.28. The third kappa shape index (κ3) is 3.01. The number of allylic oxidation sites excluding steroid dienone is 1. The number of hydrogen-bond donors (Lipinski definition) is 2. The number of nitrogens with one attached hydrogen (secondary N) is 1. The average molecular weight is 362 g/mol. The number of aryl methyl sites for hydroxylation is 1. The highest BCUT2D eigenvalue weighted by Gasteiger charge is 2.34. The zero-order valence-electron chi connectivity index (χ0n) is 14.0. The molecule has 0 bridgehead atoms. The van der Waals surface area contributed by atoms with Crippen molar-refractivity contribution in [1.82, 2.24) is 10.2 Å². The summed E-state index contributed by atoms with van der Waals surface area (Å²) in [6.07, 6.45) is 0. The van der Waals surface area contributed by atoms with Gasteiger partial charge in [-0.2, -0.15) is 14.0 Å². The van der Waals surface area contributed by atoms with E-state index in [2.05, 4.69) is 21.0 Å². The number of nitrogens with zero attached hydrogens (tertiary/aromatic N) is 2. The molecule has 1 aromatic heterocycles. The Kier molecular flexibility index (Phi) is 4.67. The van der Waals surface area contributed by atoms with Gasteiger partial charge >= 0.3 is 6.61 Å². The van der Waals surface area contributed by atoms with Crippen molar-refractivity contribution in [3.05, 3.63) is 46.5 Å². The van der Waals surface area contributed by atoms with Gasteiger partial charge in [-0.05, 0) is 31.5 Å². The Labute approximate surface area is 148 Å². The lowest BCUT2D eigenvalue weighted by Gasteiger charge is -2.24. The number of aromatic amines is 1. The summed E-state index contributed by atoms with van der Waals surface area (Å²) in [7, 11) is 0. The summed E-state index contributed by atoms with van der Waals surface area (Å²) >= 11 is 0. The van der Waals surface area contributed by atoms with E-state index in [-0.39, 0.29) is 35.4 Å². The van der Waals surface area contributed by atoms with E-state index in [0.717, 1.165) is 0 Å².